The van der Waals surface area contributed by atoms with E-state index in [2.05, 4.69) is 24.6 Å². The molecule has 2 aromatic carbocycles. The van der Waals surface area contributed by atoms with E-state index >= 15 is 0 Å². The van der Waals surface area contributed by atoms with Gasteiger partial charge in [-0.15, -0.1) is 6.42 Å². The number of hydrogen-bond acceptors (Lipinski definition) is 0. The predicted octanol–water partition coefficient (Wildman–Crippen LogP) is 5.16. The molecule has 0 amide bonds. The van der Waals surface area contributed by atoms with Crippen LogP contribution in [0.5, 0.6) is 0 Å². The Kier molecular flexibility index (Phi) is 4.44. The van der Waals surface area contributed by atoms with Crippen molar-refractivity contribution >= 4 is 17.2 Å². The van der Waals surface area contributed by atoms with Crippen LogP contribution in [0.1, 0.15) is 23.5 Å². The summed E-state index contributed by atoms with van der Waals surface area (Å²) in [6, 6.07) is 17.8. The molecule has 1 unspecified atom stereocenters. The number of benzene rings is 2. The minimum Gasteiger partial charge on any atom is -0.119 e. The molecular formula is C18H15Cl. The Labute approximate surface area is 119 Å². The first kappa shape index (κ1) is 13.5. The van der Waals surface area contributed by atoms with Crippen LogP contribution in [0.3, 0.4) is 0 Å². The third-order valence-corrected chi connectivity index (χ3v) is 3.36. The Hall–Kier alpha value is -1.97. The zero-order valence-electron chi connectivity index (χ0n) is 10.6. The monoisotopic (exact) mass is 266 g/mol. The first-order valence-corrected chi connectivity index (χ1v) is 6.53. The summed E-state index contributed by atoms with van der Waals surface area (Å²) in [5, 5.41) is 0.724. The van der Waals surface area contributed by atoms with E-state index in [0.29, 0.717) is 0 Å². The Morgan fingerprint density at radius 1 is 1.11 bits per heavy atom. The summed E-state index contributed by atoms with van der Waals surface area (Å²) in [5.74, 6) is 2.87. The van der Waals surface area contributed by atoms with Crippen LogP contribution in [0.25, 0.3) is 5.57 Å². The molecule has 94 valence electrons. The lowest BCUT2D eigenvalue weighted by molar-refractivity contribution is 0.909. The minimum absolute atomic E-state index is 0.0324. The zero-order valence-corrected chi connectivity index (χ0v) is 11.4. The molecule has 1 heteroatoms. The van der Waals surface area contributed by atoms with Gasteiger partial charge in [-0.2, -0.15) is 0 Å². The SMILES string of the molecule is C#CC(CC(=C)c1ccccc1)c1ccc(Cl)cc1. The average molecular weight is 267 g/mol. The van der Waals surface area contributed by atoms with Gasteiger partial charge in [0.25, 0.3) is 0 Å². The van der Waals surface area contributed by atoms with Gasteiger partial charge in [-0.05, 0) is 35.3 Å². The van der Waals surface area contributed by atoms with Gasteiger partial charge in [0.05, 0.1) is 0 Å². The number of rotatable bonds is 4. The first-order valence-electron chi connectivity index (χ1n) is 6.15. The van der Waals surface area contributed by atoms with Gasteiger partial charge in [-0.25, -0.2) is 0 Å². The van der Waals surface area contributed by atoms with Crippen LogP contribution >= 0.6 is 11.6 Å². The van der Waals surface area contributed by atoms with Crippen molar-refractivity contribution in [2.75, 3.05) is 0 Å². The largest absolute Gasteiger partial charge is 0.119 e. The fraction of sp³-hybridized carbons (Fsp3) is 0.111. The standard InChI is InChI=1S/C18H15Cl/c1-3-15(17-9-11-18(19)12-10-17)13-14(2)16-7-5-4-6-8-16/h1,4-12,15H,2,13H2. The van der Waals surface area contributed by atoms with Crippen molar-refractivity contribution in [3.05, 3.63) is 77.3 Å². The quantitative estimate of drug-likeness (QED) is 0.671. The minimum atomic E-state index is 0.0324. The summed E-state index contributed by atoms with van der Waals surface area (Å²) < 4.78 is 0. The third kappa shape index (κ3) is 3.50. The van der Waals surface area contributed by atoms with Gasteiger partial charge in [0.15, 0.2) is 0 Å². The lowest BCUT2D eigenvalue weighted by atomic mass is 9.90. The molecule has 0 aromatic heterocycles. The molecular weight excluding hydrogens is 252 g/mol. The summed E-state index contributed by atoms with van der Waals surface area (Å²) in [4.78, 5) is 0. The van der Waals surface area contributed by atoms with Gasteiger partial charge in [0.1, 0.15) is 0 Å². The lowest BCUT2D eigenvalue weighted by Gasteiger charge is -2.13. The topological polar surface area (TPSA) is 0 Å². The Balaban J connectivity index is 2.14. The second-order valence-corrected chi connectivity index (χ2v) is 4.88. The van der Waals surface area contributed by atoms with E-state index < -0.39 is 0 Å². The molecule has 0 aliphatic heterocycles. The molecule has 0 heterocycles. The van der Waals surface area contributed by atoms with Crippen molar-refractivity contribution in [1.82, 2.24) is 0 Å². The summed E-state index contributed by atoms with van der Waals surface area (Å²) in [6.07, 6.45) is 6.40. The molecule has 1 atom stereocenters. The molecule has 19 heavy (non-hydrogen) atoms. The molecule has 0 aliphatic carbocycles. The molecule has 2 aromatic rings. The van der Waals surface area contributed by atoms with Crippen molar-refractivity contribution in [2.24, 2.45) is 0 Å². The summed E-state index contributed by atoms with van der Waals surface area (Å²) in [5.41, 5.74) is 3.29. The predicted molar refractivity (Wildman–Crippen MR) is 83.1 cm³/mol. The number of hydrogen-bond donors (Lipinski definition) is 0. The number of terminal acetylenes is 1. The van der Waals surface area contributed by atoms with Crippen LogP contribution in [-0.2, 0) is 0 Å². The van der Waals surface area contributed by atoms with Crippen LogP contribution < -0.4 is 0 Å². The van der Waals surface area contributed by atoms with E-state index in [-0.39, 0.29) is 5.92 Å². The Morgan fingerprint density at radius 3 is 2.32 bits per heavy atom. The Bertz CT molecular complexity index is 588. The van der Waals surface area contributed by atoms with Crippen LogP contribution in [0.15, 0.2) is 61.2 Å². The fourth-order valence-electron chi connectivity index (χ4n) is 2.01. The smallest absolute Gasteiger partial charge is 0.0489 e. The van der Waals surface area contributed by atoms with Crippen molar-refractivity contribution in [1.29, 1.82) is 0 Å². The highest BCUT2D eigenvalue weighted by molar-refractivity contribution is 6.30. The highest BCUT2D eigenvalue weighted by atomic mass is 35.5. The molecule has 0 saturated carbocycles. The molecule has 0 bridgehead atoms. The highest BCUT2D eigenvalue weighted by Gasteiger charge is 2.11. The Morgan fingerprint density at radius 2 is 1.74 bits per heavy atom. The van der Waals surface area contributed by atoms with E-state index in [1.54, 1.807) is 0 Å². The maximum atomic E-state index is 5.89. The maximum Gasteiger partial charge on any atom is 0.0489 e. The van der Waals surface area contributed by atoms with Crippen LogP contribution in [0.2, 0.25) is 5.02 Å². The van der Waals surface area contributed by atoms with Gasteiger partial charge < -0.3 is 0 Å². The molecule has 0 spiro atoms. The van der Waals surface area contributed by atoms with Crippen LogP contribution in [-0.4, -0.2) is 0 Å². The molecule has 0 aliphatic rings. The van der Waals surface area contributed by atoms with E-state index in [1.807, 2.05) is 42.5 Å². The van der Waals surface area contributed by atoms with Crippen molar-refractivity contribution in [2.45, 2.75) is 12.3 Å². The van der Waals surface area contributed by atoms with Crippen molar-refractivity contribution in [3.63, 3.8) is 0 Å². The van der Waals surface area contributed by atoms with E-state index in [9.17, 15) is 0 Å². The number of allylic oxidation sites excluding steroid dienone is 1. The van der Waals surface area contributed by atoms with E-state index in [1.165, 1.54) is 0 Å². The normalized spacial score (nSPS) is 11.6. The van der Waals surface area contributed by atoms with Gasteiger partial charge in [0, 0.05) is 10.9 Å². The fourth-order valence-corrected chi connectivity index (χ4v) is 2.13. The van der Waals surface area contributed by atoms with Gasteiger partial charge in [0.2, 0.25) is 0 Å². The third-order valence-electron chi connectivity index (χ3n) is 3.11. The maximum absolute atomic E-state index is 5.89. The summed E-state index contributed by atoms with van der Waals surface area (Å²) in [7, 11) is 0. The van der Waals surface area contributed by atoms with Crippen LogP contribution in [0.4, 0.5) is 0 Å². The van der Waals surface area contributed by atoms with Crippen molar-refractivity contribution in [3.8, 4) is 12.3 Å². The van der Waals surface area contributed by atoms with Gasteiger partial charge >= 0.3 is 0 Å². The average Bonchev–Trinajstić information content (AvgIpc) is 2.46. The second-order valence-electron chi connectivity index (χ2n) is 4.44. The van der Waals surface area contributed by atoms with E-state index in [0.717, 1.165) is 28.1 Å². The summed E-state index contributed by atoms with van der Waals surface area (Å²) in [6.45, 7) is 4.13. The van der Waals surface area contributed by atoms with Crippen molar-refractivity contribution < 1.29 is 0 Å². The molecule has 2 rings (SSSR count). The molecule has 0 radical (unpaired) electrons. The van der Waals surface area contributed by atoms with Gasteiger partial charge in [-0.3, -0.25) is 0 Å². The molecule has 0 saturated heterocycles. The van der Waals surface area contributed by atoms with E-state index in [4.69, 9.17) is 18.0 Å². The lowest BCUT2D eigenvalue weighted by Crippen LogP contribution is -1.97. The highest BCUT2D eigenvalue weighted by Crippen LogP contribution is 2.28. The molecule has 0 fully saturated rings. The van der Waals surface area contributed by atoms with Gasteiger partial charge in [-0.1, -0.05) is 66.6 Å². The molecule has 0 N–H and O–H groups in total. The number of halogens is 1. The van der Waals surface area contributed by atoms with Crippen LogP contribution in [0, 0.1) is 12.3 Å². The summed E-state index contributed by atoms with van der Waals surface area (Å²) >= 11 is 5.89. The second kappa shape index (κ2) is 6.27. The zero-order chi connectivity index (χ0) is 13.7. The first-order chi connectivity index (χ1) is 9.20. The molecule has 0 nitrogen and oxygen atoms in total.